The van der Waals surface area contributed by atoms with E-state index in [4.69, 9.17) is 0 Å². The van der Waals surface area contributed by atoms with Crippen LogP contribution in [0.3, 0.4) is 0 Å². The molecule has 1 rings (SSSR count). The van der Waals surface area contributed by atoms with E-state index in [0.29, 0.717) is 0 Å². The van der Waals surface area contributed by atoms with Crippen LogP contribution in [-0.4, -0.2) is 38.3 Å². The van der Waals surface area contributed by atoms with Crippen molar-refractivity contribution in [3.8, 4) is 0 Å². The highest BCUT2D eigenvalue weighted by Crippen LogP contribution is 2.16. The van der Waals surface area contributed by atoms with Gasteiger partial charge >= 0.3 is 5.97 Å². The van der Waals surface area contributed by atoms with Crippen LogP contribution in [0.1, 0.15) is 13.3 Å². The maximum atomic E-state index is 11.2. The largest absolute Gasteiger partial charge is 0.465 e. The number of ether oxygens (including phenoxy) is 1. The lowest BCUT2D eigenvalue weighted by molar-refractivity contribution is -0.150. The Balaban J connectivity index is 2.76. The van der Waals surface area contributed by atoms with Gasteiger partial charge in [-0.25, -0.2) is 8.42 Å². The van der Waals surface area contributed by atoms with Gasteiger partial charge in [-0.05, 0) is 6.92 Å². The summed E-state index contributed by atoms with van der Waals surface area (Å²) in [6, 6.07) is 0. The first-order valence-electron chi connectivity index (χ1n) is 4.36. The van der Waals surface area contributed by atoms with Gasteiger partial charge in [-0.2, -0.15) is 0 Å². The normalized spacial score (nSPS) is 25.8. The van der Waals surface area contributed by atoms with Gasteiger partial charge in [-0.1, -0.05) is 0 Å². The molecule has 0 aromatic heterocycles. The van der Waals surface area contributed by atoms with E-state index < -0.39 is 27.5 Å². The molecule has 5 nitrogen and oxygen atoms in total. The minimum absolute atomic E-state index is 0.0776. The molecule has 0 aromatic carbocycles. The number of carbonyl (C=O) groups excluding carboxylic acids is 2. The Hall–Kier alpha value is -0.910. The van der Waals surface area contributed by atoms with Gasteiger partial charge in [0, 0.05) is 6.42 Å². The molecule has 1 fully saturated rings. The molecule has 0 saturated carbocycles. The molecule has 0 aliphatic carbocycles. The minimum atomic E-state index is -3.25. The number of Topliss-reactive ketones (excluding diaryl/α,β-unsaturated/α-hetero) is 1. The van der Waals surface area contributed by atoms with Gasteiger partial charge in [0.15, 0.2) is 9.84 Å². The average Bonchev–Trinajstić information content (AvgIpc) is 2.10. The SMILES string of the molecule is CCOC(=O)[C@@H]1CS(=O)(=O)CCC1=O. The number of rotatable bonds is 2. The monoisotopic (exact) mass is 220 g/mol. The van der Waals surface area contributed by atoms with Crippen molar-refractivity contribution in [2.24, 2.45) is 5.92 Å². The fourth-order valence-electron chi connectivity index (χ4n) is 1.30. The first kappa shape index (κ1) is 11.2. The van der Waals surface area contributed by atoms with E-state index in [-0.39, 0.29) is 24.6 Å². The lowest BCUT2D eigenvalue weighted by atomic mass is 10.0. The smallest absolute Gasteiger partial charge is 0.317 e. The summed E-state index contributed by atoms with van der Waals surface area (Å²) in [5.41, 5.74) is 0. The molecule has 1 heterocycles. The summed E-state index contributed by atoms with van der Waals surface area (Å²) in [5, 5.41) is 0. The highest BCUT2D eigenvalue weighted by Gasteiger charge is 2.37. The summed E-state index contributed by atoms with van der Waals surface area (Å²) in [6.45, 7) is 1.77. The predicted octanol–water partition coefficient (Wildman–Crippen LogP) is -0.447. The van der Waals surface area contributed by atoms with Crippen LogP contribution in [0, 0.1) is 5.92 Å². The molecule has 0 aromatic rings. The molecule has 14 heavy (non-hydrogen) atoms. The van der Waals surface area contributed by atoms with Crippen LogP contribution >= 0.6 is 0 Å². The Kier molecular flexibility index (Phi) is 3.25. The van der Waals surface area contributed by atoms with E-state index in [9.17, 15) is 18.0 Å². The Bertz CT molecular complexity index is 343. The van der Waals surface area contributed by atoms with Crippen LogP contribution < -0.4 is 0 Å². The lowest BCUT2D eigenvalue weighted by Gasteiger charge is -2.18. The molecule has 1 aliphatic heterocycles. The molecule has 0 N–H and O–H groups in total. The average molecular weight is 220 g/mol. The number of hydrogen-bond donors (Lipinski definition) is 0. The molecule has 1 atom stereocenters. The molecule has 0 radical (unpaired) electrons. The van der Waals surface area contributed by atoms with E-state index in [1.807, 2.05) is 0 Å². The molecule has 0 amide bonds. The summed E-state index contributed by atoms with van der Waals surface area (Å²) in [7, 11) is -3.25. The van der Waals surface area contributed by atoms with Crippen molar-refractivity contribution in [1.82, 2.24) is 0 Å². The number of sulfone groups is 1. The van der Waals surface area contributed by atoms with Gasteiger partial charge in [0.25, 0.3) is 0 Å². The molecule has 6 heteroatoms. The summed E-state index contributed by atoms with van der Waals surface area (Å²) in [4.78, 5) is 22.4. The molecule has 1 aliphatic rings. The molecule has 1 saturated heterocycles. The zero-order chi connectivity index (χ0) is 10.8. The van der Waals surface area contributed by atoms with Crippen LogP contribution in [0.4, 0.5) is 0 Å². The van der Waals surface area contributed by atoms with Crippen LogP contribution in [0.5, 0.6) is 0 Å². The second-order valence-electron chi connectivity index (χ2n) is 3.14. The fourth-order valence-corrected chi connectivity index (χ4v) is 2.81. The fraction of sp³-hybridized carbons (Fsp3) is 0.750. The molecule has 0 unspecified atom stereocenters. The topological polar surface area (TPSA) is 77.5 Å². The van der Waals surface area contributed by atoms with Crippen molar-refractivity contribution in [1.29, 1.82) is 0 Å². The number of carbonyl (C=O) groups is 2. The molecule has 0 bridgehead atoms. The second-order valence-corrected chi connectivity index (χ2v) is 5.36. The molecule has 80 valence electrons. The molecule has 0 spiro atoms. The summed E-state index contributed by atoms with van der Waals surface area (Å²) >= 11 is 0. The number of esters is 1. The van der Waals surface area contributed by atoms with Crippen molar-refractivity contribution in [3.05, 3.63) is 0 Å². The zero-order valence-corrected chi connectivity index (χ0v) is 8.67. The van der Waals surface area contributed by atoms with E-state index in [1.165, 1.54) is 0 Å². The van der Waals surface area contributed by atoms with Crippen LogP contribution in [0.25, 0.3) is 0 Å². The molecular weight excluding hydrogens is 208 g/mol. The Morgan fingerprint density at radius 2 is 2.21 bits per heavy atom. The number of ketones is 1. The van der Waals surface area contributed by atoms with E-state index in [0.717, 1.165) is 0 Å². The van der Waals surface area contributed by atoms with Gasteiger partial charge in [0.1, 0.15) is 11.7 Å². The van der Waals surface area contributed by atoms with Gasteiger partial charge in [0.2, 0.25) is 0 Å². The van der Waals surface area contributed by atoms with Crippen molar-refractivity contribution in [2.75, 3.05) is 18.1 Å². The van der Waals surface area contributed by atoms with Crippen molar-refractivity contribution < 1.29 is 22.7 Å². The van der Waals surface area contributed by atoms with E-state index >= 15 is 0 Å². The summed E-state index contributed by atoms with van der Waals surface area (Å²) < 4.78 is 26.9. The van der Waals surface area contributed by atoms with Crippen LogP contribution in [-0.2, 0) is 24.2 Å². The Labute approximate surface area is 82.4 Å². The van der Waals surface area contributed by atoms with Gasteiger partial charge in [-0.15, -0.1) is 0 Å². The zero-order valence-electron chi connectivity index (χ0n) is 7.86. The van der Waals surface area contributed by atoms with Crippen LogP contribution in [0.15, 0.2) is 0 Å². The van der Waals surface area contributed by atoms with E-state index in [1.54, 1.807) is 6.92 Å². The first-order valence-corrected chi connectivity index (χ1v) is 6.18. The van der Waals surface area contributed by atoms with Gasteiger partial charge in [-0.3, -0.25) is 9.59 Å². The lowest BCUT2D eigenvalue weighted by Crippen LogP contribution is -2.38. The highest BCUT2D eigenvalue weighted by molar-refractivity contribution is 7.91. The maximum absolute atomic E-state index is 11.2. The van der Waals surface area contributed by atoms with Crippen molar-refractivity contribution >= 4 is 21.6 Å². The third kappa shape index (κ3) is 2.54. The third-order valence-electron chi connectivity index (χ3n) is 2.04. The summed E-state index contributed by atoms with van der Waals surface area (Å²) in [6.07, 6.45) is -0.0776. The van der Waals surface area contributed by atoms with Gasteiger partial charge in [0.05, 0.1) is 18.1 Å². The second kappa shape index (κ2) is 4.08. The summed E-state index contributed by atoms with van der Waals surface area (Å²) in [5.74, 6) is -2.71. The van der Waals surface area contributed by atoms with E-state index in [2.05, 4.69) is 4.74 Å². The first-order chi connectivity index (χ1) is 6.46. The predicted molar refractivity (Wildman–Crippen MR) is 48.4 cm³/mol. The number of hydrogen-bond acceptors (Lipinski definition) is 5. The third-order valence-corrected chi connectivity index (χ3v) is 3.71. The standard InChI is InChI=1S/C8H12O5S/c1-2-13-8(10)6-5-14(11,12)4-3-7(6)9/h6H,2-5H2,1H3/t6-/m1/s1. The van der Waals surface area contributed by atoms with Crippen LogP contribution in [0.2, 0.25) is 0 Å². The van der Waals surface area contributed by atoms with Gasteiger partial charge < -0.3 is 4.74 Å². The minimum Gasteiger partial charge on any atom is -0.465 e. The Morgan fingerprint density at radius 3 is 2.79 bits per heavy atom. The molecular formula is C8H12O5S. The highest BCUT2D eigenvalue weighted by atomic mass is 32.2. The van der Waals surface area contributed by atoms with Crippen molar-refractivity contribution in [2.45, 2.75) is 13.3 Å². The van der Waals surface area contributed by atoms with Crippen molar-refractivity contribution in [3.63, 3.8) is 0 Å². The quantitative estimate of drug-likeness (QED) is 0.465. The maximum Gasteiger partial charge on any atom is 0.317 e. The Morgan fingerprint density at radius 1 is 1.57 bits per heavy atom.